The maximum absolute atomic E-state index is 5.28. The molecule has 0 atom stereocenters. The van der Waals surface area contributed by atoms with Crippen LogP contribution in [0, 0.1) is 6.61 Å². The molecular weight excluding hydrogens is 116 g/mol. The first-order valence-electron chi connectivity index (χ1n) is 3.44. The summed E-state index contributed by atoms with van der Waals surface area (Å²) >= 11 is 0. The summed E-state index contributed by atoms with van der Waals surface area (Å²) in [6, 6.07) is 0. The molecule has 0 aromatic rings. The molecule has 0 saturated carbocycles. The zero-order chi connectivity index (χ0) is 6.53. The van der Waals surface area contributed by atoms with E-state index in [4.69, 9.17) is 9.47 Å². The summed E-state index contributed by atoms with van der Waals surface area (Å²) in [5, 5.41) is 0. The summed E-state index contributed by atoms with van der Waals surface area (Å²) in [6.07, 6.45) is 2.51. The molecule has 1 rings (SSSR count). The average molecular weight is 129 g/mol. The van der Waals surface area contributed by atoms with E-state index in [1.165, 1.54) is 0 Å². The normalized spacial score (nSPS) is 22.3. The van der Waals surface area contributed by atoms with Gasteiger partial charge in [-0.05, 0) is 19.8 Å². The minimum atomic E-state index is 0.420. The minimum Gasteiger partial charge on any atom is -0.381 e. The predicted molar refractivity (Wildman–Crippen MR) is 34.9 cm³/mol. The summed E-state index contributed by atoms with van der Waals surface area (Å²) in [7, 11) is 0. The summed E-state index contributed by atoms with van der Waals surface area (Å²) in [5.41, 5.74) is 0. The van der Waals surface area contributed by atoms with Gasteiger partial charge in [-0.25, -0.2) is 0 Å². The van der Waals surface area contributed by atoms with Gasteiger partial charge in [-0.3, -0.25) is 0 Å². The highest BCUT2D eigenvalue weighted by molar-refractivity contribution is 4.63. The van der Waals surface area contributed by atoms with Crippen LogP contribution in [0.1, 0.15) is 19.8 Å². The molecule has 1 aliphatic heterocycles. The second-order valence-corrected chi connectivity index (χ2v) is 2.18. The lowest BCUT2D eigenvalue weighted by molar-refractivity contribution is -0.00683. The van der Waals surface area contributed by atoms with Crippen molar-refractivity contribution in [1.29, 1.82) is 0 Å². The maximum Gasteiger partial charge on any atom is 0.0809 e. The van der Waals surface area contributed by atoms with Crippen LogP contribution in [0.2, 0.25) is 0 Å². The fraction of sp³-hybridized carbons (Fsp3) is 0.857. The Hall–Kier alpha value is -0.0800. The number of rotatable bonds is 2. The van der Waals surface area contributed by atoms with Gasteiger partial charge in [-0.2, -0.15) is 0 Å². The molecule has 0 unspecified atom stereocenters. The number of ether oxygens (including phenoxy) is 2. The SMILES string of the molecule is C[CH]OC1CCOCC1. The van der Waals surface area contributed by atoms with Gasteiger partial charge in [0.1, 0.15) is 0 Å². The Kier molecular flexibility index (Phi) is 3.01. The van der Waals surface area contributed by atoms with E-state index in [1.54, 1.807) is 6.61 Å². The van der Waals surface area contributed by atoms with Crippen LogP contribution in [-0.4, -0.2) is 19.3 Å². The molecule has 0 aliphatic carbocycles. The molecule has 0 N–H and O–H groups in total. The van der Waals surface area contributed by atoms with Gasteiger partial charge in [-0.15, -0.1) is 0 Å². The van der Waals surface area contributed by atoms with Crippen molar-refractivity contribution in [2.75, 3.05) is 13.2 Å². The molecule has 53 valence electrons. The van der Waals surface area contributed by atoms with E-state index in [0.29, 0.717) is 6.10 Å². The van der Waals surface area contributed by atoms with Gasteiger partial charge in [-0.1, -0.05) is 0 Å². The lowest BCUT2D eigenvalue weighted by atomic mass is 10.2. The van der Waals surface area contributed by atoms with Crippen molar-refractivity contribution < 1.29 is 9.47 Å². The summed E-state index contributed by atoms with van der Waals surface area (Å²) in [4.78, 5) is 0. The van der Waals surface area contributed by atoms with Crippen LogP contribution in [-0.2, 0) is 9.47 Å². The van der Waals surface area contributed by atoms with E-state index in [-0.39, 0.29) is 0 Å². The third kappa shape index (κ3) is 2.33. The first kappa shape index (κ1) is 7.03. The highest BCUT2D eigenvalue weighted by Gasteiger charge is 2.12. The zero-order valence-electron chi connectivity index (χ0n) is 5.80. The molecule has 0 spiro atoms. The van der Waals surface area contributed by atoms with Gasteiger partial charge < -0.3 is 9.47 Å². The van der Waals surface area contributed by atoms with Gasteiger partial charge >= 0.3 is 0 Å². The van der Waals surface area contributed by atoms with E-state index >= 15 is 0 Å². The summed E-state index contributed by atoms with van der Waals surface area (Å²) in [6.45, 7) is 5.39. The van der Waals surface area contributed by atoms with E-state index < -0.39 is 0 Å². The van der Waals surface area contributed by atoms with Crippen LogP contribution in [0.5, 0.6) is 0 Å². The van der Waals surface area contributed by atoms with E-state index in [2.05, 4.69) is 0 Å². The Balaban J connectivity index is 2.08. The minimum absolute atomic E-state index is 0.420. The first-order chi connectivity index (χ1) is 4.43. The third-order valence-corrected chi connectivity index (χ3v) is 1.50. The molecule has 2 nitrogen and oxygen atoms in total. The van der Waals surface area contributed by atoms with Crippen LogP contribution in [0.4, 0.5) is 0 Å². The largest absolute Gasteiger partial charge is 0.381 e. The monoisotopic (exact) mass is 129 g/mol. The molecule has 1 heterocycles. The highest BCUT2D eigenvalue weighted by Crippen LogP contribution is 2.10. The van der Waals surface area contributed by atoms with E-state index in [1.807, 2.05) is 6.92 Å². The van der Waals surface area contributed by atoms with Gasteiger partial charge in [0.2, 0.25) is 0 Å². The number of hydrogen-bond acceptors (Lipinski definition) is 2. The van der Waals surface area contributed by atoms with Gasteiger partial charge in [0, 0.05) is 13.2 Å². The molecule has 0 bridgehead atoms. The van der Waals surface area contributed by atoms with Crippen LogP contribution in [0.15, 0.2) is 0 Å². The van der Waals surface area contributed by atoms with Crippen molar-refractivity contribution in [2.24, 2.45) is 0 Å². The first-order valence-corrected chi connectivity index (χ1v) is 3.44. The zero-order valence-corrected chi connectivity index (χ0v) is 5.80. The highest BCUT2D eigenvalue weighted by atomic mass is 16.5. The molecule has 1 radical (unpaired) electrons. The summed E-state index contributed by atoms with van der Waals surface area (Å²) in [5.74, 6) is 0. The number of hydrogen-bond donors (Lipinski definition) is 0. The van der Waals surface area contributed by atoms with Gasteiger partial charge in [0.15, 0.2) is 0 Å². The Morgan fingerprint density at radius 1 is 1.44 bits per heavy atom. The summed E-state index contributed by atoms with van der Waals surface area (Å²) < 4.78 is 10.4. The molecule has 1 saturated heterocycles. The fourth-order valence-electron chi connectivity index (χ4n) is 1.00. The Labute approximate surface area is 56.2 Å². The van der Waals surface area contributed by atoms with Crippen LogP contribution >= 0.6 is 0 Å². The van der Waals surface area contributed by atoms with Crippen molar-refractivity contribution in [3.63, 3.8) is 0 Å². The van der Waals surface area contributed by atoms with Crippen molar-refractivity contribution >= 4 is 0 Å². The van der Waals surface area contributed by atoms with Crippen molar-refractivity contribution in [3.05, 3.63) is 6.61 Å². The van der Waals surface area contributed by atoms with Gasteiger partial charge in [0.25, 0.3) is 0 Å². The Morgan fingerprint density at radius 3 is 2.67 bits per heavy atom. The van der Waals surface area contributed by atoms with Crippen molar-refractivity contribution in [2.45, 2.75) is 25.9 Å². The lowest BCUT2D eigenvalue weighted by Crippen LogP contribution is -2.22. The predicted octanol–water partition coefficient (Wildman–Crippen LogP) is 1.36. The topological polar surface area (TPSA) is 18.5 Å². The van der Waals surface area contributed by atoms with E-state index in [0.717, 1.165) is 26.1 Å². The van der Waals surface area contributed by atoms with Crippen molar-refractivity contribution in [1.82, 2.24) is 0 Å². The van der Waals surface area contributed by atoms with Crippen LogP contribution in [0.3, 0.4) is 0 Å². The fourth-order valence-corrected chi connectivity index (χ4v) is 1.00. The average Bonchev–Trinajstić information content (AvgIpc) is 1.91. The molecular formula is C7H13O2. The second-order valence-electron chi connectivity index (χ2n) is 2.18. The quantitative estimate of drug-likeness (QED) is 0.560. The molecule has 1 fully saturated rings. The maximum atomic E-state index is 5.28. The molecule has 0 amide bonds. The Morgan fingerprint density at radius 2 is 2.11 bits per heavy atom. The molecule has 9 heavy (non-hydrogen) atoms. The third-order valence-electron chi connectivity index (χ3n) is 1.50. The molecule has 1 aliphatic rings. The second kappa shape index (κ2) is 3.85. The van der Waals surface area contributed by atoms with E-state index in [9.17, 15) is 0 Å². The molecule has 2 heteroatoms. The molecule has 0 aromatic carbocycles. The lowest BCUT2D eigenvalue weighted by Gasteiger charge is -2.21. The van der Waals surface area contributed by atoms with Crippen molar-refractivity contribution in [3.8, 4) is 0 Å². The smallest absolute Gasteiger partial charge is 0.0809 e. The van der Waals surface area contributed by atoms with Crippen LogP contribution in [0.25, 0.3) is 0 Å². The molecule has 0 aromatic heterocycles. The van der Waals surface area contributed by atoms with Gasteiger partial charge in [0.05, 0.1) is 12.7 Å². The van der Waals surface area contributed by atoms with Crippen LogP contribution < -0.4 is 0 Å². The standard InChI is InChI=1S/C7H13O2/c1-2-9-7-3-5-8-6-4-7/h2,7H,3-6H2,1H3. The Bertz CT molecular complexity index is 64.6.